The molecule has 0 unspecified atom stereocenters. The van der Waals surface area contributed by atoms with E-state index >= 15 is 0 Å². The smallest absolute Gasteiger partial charge is 0.295 e. The molecule has 6 nitrogen and oxygen atoms in total. The van der Waals surface area contributed by atoms with Gasteiger partial charge in [-0.15, -0.1) is 11.3 Å². The summed E-state index contributed by atoms with van der Waals surface area (Å²) < 4.78 is 5.35. The Morgan fingerprint density at radius 2 is 2.04 bits per heavy atom. The number of hydrogen-bond donors (Lipinski definition) is 1. The minimum absolute atomic E-state index is 0.253. The van der Waals surface area contributed by atoms with Gasteiger partial charge >= 0.3 is 0 Å². The van der Waals surface area contributed by atoms with E-state index in [0.29, 0.717) is 16.7 Å². The number of likely N-dealkylation sites (tertiary alicyclic amines) is 1. The molecule has 0 radical (unpaired) electrons. The first-order chi connectivity index (χ1) is 11.4. The van der Waals surface area contributed by atoms with Crippen LogP contribution in [-0.4, -0.2) is 33.9 Å². The van der Waals surface area contributed by atoms with Crippen molar-refractivity contribution in [2.75, 3.05) is 18.4 Å². The van der Waals surface area contributed by atoms with Crippen LogP contribution in [0, 0.1) is 25.7 Å². The number of aryl methyl sites for hydroxylation is 2. The Kier molecular flexibility index (Phi) is 5.01. The second-order valence-corrected chi connectivity index (χ2v) is 7.74. The van der Waals surface area contributed by atoms with Crippen LogP contribution in [0.25, 0.3) is 0 Å². The number of anilines is 1. The van der Waals surface area contributed by atoms with Crippen LogP contribution in [0.4, 0.5) is 5.13 Å². The first kappa shape index (κ1) is 17.1. The van der Waals surface area contributed by atoms with Gasteiger partial charge < -0.3 is 4.42 Å². The quantitative estimate of drug-likeness (QED) is 0.916. The summed E-state index contributed by atoms with van der Waals surface area (Å²) in [5, 5.41) is 5.41. The summed E-state index contributed by atoms with van der Waals surface area (Å²) in [4.78, 5) is 23.4. The highest BCUT2D eigenvalue weighted by molar-refractivity contribution is 7.13. The van der Waals surface area contributed by atoms with Crippen molar-refractivity contribution in [3.05, 3.63) is 28.4 Å². The normalized spacial score (nSPS) is 21.8. The van der Waals surface area contributed by atoms with Crippen molar-refractivity contribution in [1.29, 1.82) is 0 Å². The van der Waals surface area contributed by atoms with E-state index in [2.05, 4.69) is 34.0 Å². The summed E-state index contributed by atoms with van der Waals surface area (Å²) in [6.07, 6.45) is 1.30. The van der Waals surface area contributed by atoms with Crippen molar-refractivity contribution in [2.24, 2.45) is 11.8 Å². The van der Waals surface area contributed by atoms with Gasteiger partial charge in [-0.3, -0.25) is 15.0 Å². The van der Waals surface area contributed by atoms with E-state index in [4.69, 9.17) is 4.42 Å². The summed E-state index contributed by atoms with van der Waals surface area (Å²) >= 11 is 1.44. The van der Waals surface area contributed by atoms with E-state index in [1.807, 2.05) is 5.38 Å². The number of carbonyl (C=O) groups is 1. The second kappa shape index (κ2) is 7.03. The molecule has 0 aromatic carbocycles. The Balaban J connectivity index is 1.61. The zero-order valence-electron chi connectivity index (χ0n) is 14.6. The monoisotopic (exact) mass is 348 g/mol. The Bertz CT molecular complexity index is 714. The Morgan fingerprint density at radius 3 is 2.67 bits per heavy atom. The molecule has 1 amide bonds. The Hall–Kier alpha value is -1.73. The molecule has 3 heterocycles. The van der Waals surface area contributed by atoms with E-state index in [0.717, 1.165) is 37.2 Å². The summed E-state index contributed by atoms with van der Waals surface area (Å²) in [5.74, 6) is 1.90. The molecule has 3 rings (SSSR count). The Labute approximate surface area is 146 Å². The molecule has 24 heavy (non-hydrogen) atoms. The largest absolute Gasteiger partial charge is 0.436 e. The standard InChI is InChI=1S/C17H24N4O2S/c1-10-5-11(2)7-21(6-10)8-14-9-24-17(19-14)20-16(22)15-12(3)18-13(4)23-15/h9-11H,5-8H2,1-4H3,(H,19,20,22)/t10-,11-/m1/s1. The van der Waals surface area contributed by atoms with Crippen LogP contribution in [-0.2, 0) is 6.54 Å². The average molecular weight is 348 g/mol. The minimum atomic E-state index is -0.297. The third kappa shape index (κ3) is 4.02. The highest BCUT2D eigenvalue weighted by Gasteiger charge is 2.23. The van der Waals surface area contributed by atoms with E-state index in [1.165, 1.54) is 17.8 Å². The number of rotatable bonds is 4. The maximum absolute atomic E-state index is 12.2. The first-order valence-corrected chi connectivity index (χ1v) is 9.20. The van der Waals surface area contributed by atoms with Crippen LogP contribution in [0.5, 0.6) is 0 Å². The van der Waals surface area contributed by atoms with Crippen LogP contribution in [0.2, 0.25) is 0 Å². The molecule has 1 fully saturated rings. The fraction of sp³-hybridized carbons (Fsp3) is 0.588. The summed E-state index contributed by atoms with van der Waals surface area (Å²) in [7, 11) is 0. The molecule has 1 aliphatic heterocycles. The number of thiazole rings is 1. The van der Waals surface area contributed by atoms with E-state index in [-0.39, 0.29) is 11.7 Å². The summed E-state index contributed by atoms with van der Waals surface area (Å²) in [6, 6.07) is 0. The second-order valence-electron chi connectivity index (χ2n) is 6.89. The SMILES string of the molecule is Cc1nc(C)c(C(=O)Nc2nc(CN3C[C@H](C)C[C@@H](C)C3)cs2)o1. The number of amides is 1. The van der Waals surface area contributed by atoms with Crippen LogP contribution in [0.15, 0.2) is 9.80 Å². The molecule has 2 aromatic rings. The van der Waals surface area contributed by atoms with E-state index < -0.39 is 0 Å². The highest BCUT2D eigenvalue weighted by atomic mass is 32.1. The van der Waals surface area contributed by atoms with Crippen LogP contribution in [0.1, 0.15) is 48.1 Å². The van der Waals surface area contributed by atoms with E-state index in [9.17, 15) is 4.79 Å². The van der Waals surface area contributed by atoms with Crippen molar-refractivity contribution < 1.29 is 9.21 Å². The maximum Gasteiger partial charge on any atom is 0.295 e. The molecule has 7 heteroatoms. The third-order valence-electron chi connectivity index (χ3n) is 4.21. The number of hydrogen-bond acceptors (Lipinski definition) is 6. The summed E-state index contributed by atoms with van der Waals surface area (Å²) in [6.45, 7) is 11.2. The molecule has 0 aliphatic carbocycles. The number of nitrogens with one attached hydrogen (secondary N) is 1. The van der Waals surface area contributed by atoms with Crippen LogP contribution < -0.4 is 5.32 Å². The van der Waals surface area contributed by atoms with Crippen LogP contribution >= 0.6 is 11.3 Å². The topological polar surface area (TPSA) is 71.3 Å². The molecular formula is C17H24N4O2S. The lowest BCUT2D eigenvalue weighted by molar-refractivity contribution is 0.0994. The molecule has 1 aliphatic rings. The molecule has 0 bridgehead atoms. The van der Waals surface area contributed by atoms with Gasteiger partial charge in [0.2, 0.25) is 5.76 Å². The molecule has 2 atom stereocenters. The predicted molar refractivity (Wildman–Crippen MR) is 94.3 cm³/mol. The van der Waals surface area contributed by atoms with Crippen molar-refractivity contribution in [3.8, 4) is 0 Å². The van der Waals surface area contributed by atoms with Crippen molar-refractivity contribution >= 4 is 22.4 Å². The zero-order chi connectivity index (χ0) is 17.3. The molecule has 0 saturated carbocycles. The maximum atomic E-state index is 12.2. The summed E-state index contributed by atoms with van der Waals surface area (Å²) in [5.41, 5.74) is 1.60. The number of piperidine rings is 1. The van der Waals surface area contributed by atoms with Gasteiger partial charge in [-0.25, -0.2) is 9.97 Å². The van der Waals surface area contributed by atoms with E-state index in [1.54, 1.807) is 13.8 Å². The third-order valence-corrected chi connectivity index (χ3v) is 5.02. The van der Waals surface area contributed by atoms with Gasteiger partial charge in [0.1, 0.15) is 0 Å². The lowest BCUT2D eigenvalue weighted by Gasteiger charge is -2.34. The molecule has 2 aromatic heterocycles. The lowest BCUT2D eigenvalue weighted by atomic mass is 9.92. The van der Waals surface area contributed by atoms with Gasteiger partial charge in [-0.1, -0.05) is 13.8 Å². The van der Waals surface area contributed by atoms with Gasteiger partial charge in [0, 0.05) is 31.9 Å². The highest BCUT2D eigenvalue weighted by Crippen LogP contribution is 2.24. The van der Waals surface area contributed by atoms with Crippen molar-refractivity contribution in [2.45, 2.75) is 40.7 Å². The number of nitrogens with zero attached hydrogens (tertiary/aromatic N) is 3. The molecular weight excluding hydrogens is 324 g/mol. The fourth-order valence-electron chi connectivity index (χ4n) is 3.48. The van der Waals surface area contributed by atoms with Gasteiger partial charge in [0.05, 0.1) is 11.4 Å². The molecule has 1 saturated heterocycles. The van der Waals surface area contributed by atoms with Crippen molar-refractivity contribution in [3.63, 3.8) is 0 Å². The van der Waals surface area contributed by atoms with Gasteiger partial charge in [-0.05, 0) is 25.2 Å². The van der Waals surface area contributed by atoms with Crippen molar-refractivity contribution in [1.82, 2.24) is 14.9 Å². The predicted octanol–water partition coefficient (Wildman–Crippen LogP) is 3.48. The van der Waals surface area contributed by atoms with Gasteiger partial charge in [0.15, 0.2) is 11.0 Å². The number of oxazole rings is 1. The average Bonchev–Trinajstić information content (AvgIpc) is 3.04. The first-order valence-electron chi connectivity index (χ1n) is 8.33. The van der Waals surface area contributed by atoms with Crippen LogP contribution in [0.3, 0.4) is 0 Å². The molecule has 0 spiro atoms. The Morgan fingerprint density at radius 1 is 1.33 bits per heavy atom. The molecule has 130 valence electrons. The fourth-order valence-corrected chi connectivity index (χ4v) is 4.18. The lowest BCUT2D eigenvalue weighted by Crippen LogP contribution is -2.38. The molecule has 1 N–H and O–H groups in total. The van der Waals surface area contributed by atoms with Gasteiger partial charge in [-0.2, -0.15) is 0 Å². The number of aromatic nitrogens is 2. The minimum Gasteiger partial charge on any atom is -0.436 e. The number of carbonyl (C=O) groups excluding carboxylic acids is 1. The van der Waals surface area contributed by atoms with Gasteiger partial charge in [0.25, 0.3) is 5.91 Å². The zero-order valence-corrected chi connectivity index (χ0v) is 15.4.